The lowest BCUT2D eigenvalue weighted by Crippen LogP contribution is -2.53. The van der Waals surface area contributed by atoms with Gasteiger partial charge in [0.2, 0.25) is 0 Å². The topological polar surface area (TPSA) is 72.9 Å². The summed E-state index contributed by atoms with van der Waals surface area (Å²) in [5.74, 6) is -0.125. The van der Waals surface area contributed by atoms with Crippen molar-refractivity contribution in [3.05, 3.63) is 0 Å². The highest BCUT2D eigenvalue weighted by molar-refractivity contribution is 7.92. The zero-order valence-corrected chi connectivity index (χ0v) is 10.6. The SMILES string of the molecule is CC1CN(C(=O)C2COCCO2)CCS1(=O)=O. The Balaban J connectivity index is 1.97. The molecule has 0 aliphatic carbocycles. The van der Waals surface area contributed by atoms with Gasteiger partial charge in [0.15, 0.2) is 15.9 Å². The van der Waals surface area contributed by atoms with E-state index in [1.165, 1.54) is 0 Å². The Kier molecular flexibility index (Phi) is 3.70. The van der Waals surface area contributed by atoms with Crippen LogP contribution < -0.4 is 0 Å². The van der Waals surface area contributed by atoms with E-state index < -0.39 is 21.2 Å². The van der Waals surface area contributed by atoms with Crippen LogP contribution in [0.4, 0.5) is 0 Å². The van der Waals surface area contributed by atoms with Crippen molar-refractivity contribution in [3.63, 3.8) is 0 Å². The van der Waals surface area contributed by atoms with Gasteiger partial charge in [-0.05, 0) is 6.92 Å². The second-order valence-corrected chi connectivity index (χ2v) is 6.93. The second-order valence-electron chi connectivity index (χ2n) is 4.40. The van der Waals surface area contributed by atoms with E-state index >= 15 is 0 Å². The standard InChI is InChI=1S/C10H17NO5S/c1-8-6-11(2-5-17(8,13)14)10(12)9-7-15-3-4-16-9/h8-9H,2-7H2,1H3. The summed E-state index contributed by atoms with van der Waals surface area (Å²) in [6.45, 7) is 3.32. The van der Waals surface area contributed by atoms with Crippen LogP contribution in [0.3, 0.4) is 0 Å². The summed E-state index contributed by atoms with van der Waals surface area (Å²) in [4.78, 5) is 13.6. The van der Waals surface area contributed by atoms with Crippen LogP contribution in [-0.4, -0.2) is 69.2 Å². The number of hydrogen-bond acceptors (Lipinski definition) is 5. The Hall–Kier alpha value is -0.660. The Labute approximate surface area is 101 Å². The van der Waals surface area contributed by atoms with Crippen LogP contribution >= 0.6 is 0 Å². The van der Waals surface area contributed by atoms with Gasteiger partial charge in [-0.2, -0.15) is 0 Å². The van der Waals surface area contributed by atoms with E-state index in [-0.39, 0.29) is 31.4 Å². The van der Waals surface area contributed by atoms with Crippen molar-refractivity contribution < 1.29 is 22.7 Å². The molecule has 0 N–H and O–H groups in total. The van der Waals surface area contributed by atoms with Gasteiger partial charge in [0.1, 0.15) is 0 Å². The van der Waals surface area contributed by atoms with Gasteiger partial charge in [0.25, 0.3) is 5.91 Å². The maximum atomic E-state index is 12.0. The van der Waals surface area contributed by atoms with Crippen molar-refractivity contribution >= 4 is 15.7 Å². The molecule has 17 heavy (non-hydrogen) atoms. The third-order valence-corrected chi connectivity index (χ3v) is 5.27. The van der Waals surface area contributed by atoms with Crippen LogP contribution in [0.15, 0.2) is 0 Å². The van der Waals surface area contributed by atoms with Crippen molar-refractivity contribution in [3.8, 4) is 0 Å². The Bertz CT molecular complexity index is 388. The number of carbonyl (C=O) groups excluding carboxylic acids is 1. The molecule has 0 bridgehead atoms. The van der Waals surface area contributed by atoms with Gasteiger partial charge >= 0.3 is 0 Å². The molecule has 6 nitrogen and oxygen atoms in total. The van der Waals surface area contributed by atoms with E-state index in [1.54, 1.807) is 11.8 Å². The fraction of sp³-hybridized carbons (Fsp3) is 0.900. The quantitative estimate of drug-likeness (QED) is 0.610. The third kappa shape index (κ3) is 2.78. The Morgan fingerprint density at radius 3 is 2.71 bits per heavy atom. The van der Waals surface area contributed by atoms with Crippen LogP contribution in [-0.2, 0) is 24.1 Å². The van der Waals surface area contributed by atoms with Crippen LogP contribution in [0.25, 0.3) is 0 Å². The molecule has 0 aromatic carbocycles. The van der Waals surface area contributed by atoms with E-state index in [9.17, 15) is 13.2 Å². The number of hydrogen-bond donors (Lipinski definition) is 0. The largest absolute Gasteiger partial charge is 0.376 e. The molecule has 0 saturated carbocycles. The lowest BCUT2D eigenvalue weighted by molar-refractivity contribution is -0.157. The second kappa shape index (κ2) is 4.91. The summed E-state index contributed by atoms with van der Waals surface area (Å²) < 4.78 is 33.5. The molecule has 2 aliphatic heterocycles. The number of nitrogens with zero attached hydrogens (tertiary/aromatic N) is 1. The Morgan fingerprint density at radius 1 is 1.35 bits per heavy atom. The maximum Gasteiger partial charge on any atom is 0.254 e. The highest BCUT2D eigenvalue weighted by Gasteiger charge is 2.35. The molecule has 2 saturated heterocycles. The molecule has 1 amide bonds. The highest BCUT2D eigenvalue weighted by Crippen LogP contribution is 2.14. The summed E-state index contributed by atoms with van der Waals surface area (Å²) in [5.41, 5.74) is 0. The smallest absolute Gasteiger partial charge is 0.254 e. The van der Waals surface area contributed by atoms with Crippen LogP contribution in [0.1, 0.15) is 6.92 Å². The van der Waals surface area contributed by atoms with Crippen molar-refractivity contribution in [2.45, 2.75) is 18.3 Å². The predicted molar refractivity (Wildman–Crippen MR) is 60.4 cm³/mol. The van der Waals surface area contributed by atoms with Crippen molar-refractivity contribution in [2.24, 2.45) is 0 Å². The lowest BCUT2D eigenvalue weighted by atomic mass is 10.2. The summed E-state index contributed by atoms with van der Waals surface area (Å²) in [7, 11) is -3.02. The summed E-state index contributed by atoms with van der Waals surface area (Å²) in [6.07, 6.45) is -0.572. The molecule has 2 fully saturated rings. The molecule has 0 aromatic rings. The molecule has 2 atom stereocenters. The molecular formula is C10H17NO5S. The fourth-order valence-electron chi connectivity index (χ4n) is 1.99. The molecule has 0 aromatic heterocycles. The van der Waals surface area contributed by atoms with E-state index in [0.717, 1.165) is 0 Å². The number of amides is 1. The first-order valence-electron chi connectivity index (χ1n) is 5.70. The molecule has 2 aliphatic rings. The average molecular weight is 263 g/mol. The summed E-state index contributed by atoms with van der Waals surface area (Å²) in [6, 6.07) is 0. The summed E-state index contributed by atoms with van der Waals surface area (Å²) >= 11 is 0. The van der Waals surface area contributed by atoms with Crippen molar-refractivity contribution in [1.82, 2.24) is 4.90 Å². The molecule has 2 heterocycles. The molecule has 0 radical (unpaired) electrons. The molecule has 2 rings (SSSR count). The maximum absolute atomic E-state index is 12.0. The minimum atomic E-state index is -3.02. The van der Waals surface area contributed by atoms with Gasteiger partial charge in [0, 0.05) is 13.1 Å². The lowest BCUT2D eigenvalue weighted by Gasteiger charge is -2.34. The minimum absolute atomic E-state index is 0.0352. The zero-order valence-electron chi connectivity index (χ0n) is 9.79. The first-order valence-corrected chi connectivity index (χ1v) is 7.42. The van der Waals surface area contributed by atoms with E-state index in [0.29, 0.717) is 13.2 Å². The monoisotopic (exact) mass is 263 g/mol. The van der Waals surface area contributed by atoms with Crippen LogP contribution in [0.5, 0.6) is 0 Å². The van der Waals surface area contributed by atoms with E-state index in [2.05, 4.69) is 0 Å². The third-order valence-electron chi connectivity index (χ3n) is 3.14. The molecule has 2 unspecified atom stereocenters. The first-order chi connectivity index (χ1) is 8.00. The normalized spacial score (nSPS) is 33.4. The van der Waals surface area contributed by atoms with Crippen LogP contribution in [0, 0.1) is 0 Å². The predicted octanol–water partition coefficient (Wildman–Crippen LogP) is -0.953. The number of ether oxygens (including phenoxy) is 2. The van der Waals surface area contributed by atoms with Crippen molar-refractivity contribution in [1.29, 1.82) is 0 Å². The number of carbonyl (C=O) groups is 1. The van der Waals surface area contributed by atoms with Gasteiger partial charge in [-0.15, -0.1) is 0 Å². The molecule has 0 spiro atoms. The highest BCUT2D eigenvalue weighted by atomic mass is 32.2. The van der Waals surface area contributed by atoms with Gasteiger partial charge in [-0.1, -0.05) is 0 Å². The number of rotatable bonds is 1. The Morgan fingerprint density at radius 2 is 2.12 bits per heavy atom. The zero-order chi connectivity index (χ0) is 12.5. The van der Waals surface area contributed by atoms with Gasteiger partial charge < -0.3 is 14.4 Å². The minimum Gasteiger partial charge on any atom is -0.376 e. The molecule has 7 heteroatoms. The summed E-state index contributed by atoms with van der Waals surface area (Å²) in [5, 5.41) is -0.496. The fourth-order valence-corrected chi connectivity index (χ4v) is 3.27. The van der Waals surface area contributed by atoms with Crippen molar-refractivity contribution in [2.75, 3.05) is 38.7 Å². The van der Waals surface area contributed by atoms with E-state index in [4.69, 9.17) is 9.47 Å². The van der Waals surface area contributed by atoms with Gasteiger partial charge in [-0.25, -0.2) is 8.42 Å². The van der Waals surface area contributed by atoms with Gasteiger partial charge in [-0.3, -0.25) is 4.79 Å². The van der Waals surface area contributed by atoms with Crippen LogP contribution in [0.2, 0.25) is 0 Å². The molecule has 98 valence electrons. The van der Waals surface area contributed by atoms with E-state index in [1.807, 2.05) is 0 Å². The van der Waals surface area contributed by atoms with Gasteiger partial charge in [0.05, 0.1) is 30.8 Å². The molecular weight excluding hydrogens is 246 g/mol. The first kappa shape index (κ1) is 12.8. The number of sulfone groups is 1. The average Bonchev–Trinajstić information content (AvgIpc) is 2.33.